The van der Waals surface area contributed by atoms with Crippen molar-refractivity contribution in [3.63, 3.8) is 0 Å². The molecule has 29 heavy (non-hydrogen) atoms. The van der Waals surface area contributed by atoms with Crippen LogP contribution in [-0.2, 0) is 4.79 Å². The van der Waals surface area contributed by atoms with Crippen molar-refractivity contribution >= 4 is 45.0 Å². The zero-order valence-corrected chi connectivity index (χ0v) is 16.9. The Morgan fingerprint density at radius 1 is 1.24 bits per heavy atom. The first-order chi connectivity index (χ1) is 14.0. The van der Waals surface area contributed by atoms with E-state index in [-0.39, 0.29) is 11.5 Å². The van der Waals surface area contributed by atoms with Gasteiger partial charge in [0.05, 0.1) is 17.3 Å². The second-order valence-electron chi connectivity index (χ2n) is 5.79. The summed E-state index contributed by atoms with van der Waals surface area (Å²) in [6.45, 7) is 1.65. The van der Waals surface area contributed by atoms with E-state index < -0.39 is 18.5 Å². The molecule has 0 bridgehead atoms. The number of carboxylic acids is 1. The number of furan rings is 1. The standard InChI is InChI=1S/C20H17BrN2O6/c1-2-27-16-8-12(7-14(21)19(16)28-11-18(24)25)10-22-23-20(26)17-9-13-5-3-4-6-15(13)29-17/h3-10H,2,11H2,1H3,(H,23,26)(H,24,25)/b22-10+. The number of rotatable bonds is 8. The van der Waals surface area contributed by atoms with Crippen LogP contribution in [0, 0.1) is 0 Å². The molecule has 1 heterocycles. The summed E-state index contributed by atoms with van der Waals surface area (Å²) >= 11 is 3.33. The van der Waals surface area contributed by atoms with E-state index in [1.807, 2.05) is 18.2 Å². The molecule has 8 nitrogen and oxygen atoms in total. The number of carbonyl (C=O) groups excluding carboxylic acids is 1. The van der Waals surface area contributed by atoms with Crippen molar-refractivity contribution < 1.29 is 28.6 Å². The first-order valence-corrected chi connectivity index (χ1v) is 9.40. The average molecular weight is 461 g/mol. The Kier molecular flexibility index (Phi) is 6.50. The van der Waals surface area contributed by atoms with Gasteiger partial charge in [0.25, 0.3) is 0 Å². The van der Waals surface area contributed by atoms with E-state index in [0.29, 0.717) is 28.0 Å². The zero-order chi connectivity index (χ0) is 20.8. The molecule has 0 atom stereocenters. The molecule has 0 fully saturated rings. The number of hydrazone groups is 1. The van der Waals surface area contributed by atoms with E-state index in [1.54, 1.807) is 31.2 Å². The van der Waals surface area contributed by atoms with Gasteiger partial charge in [-0.25, -0.2) is 10.2 Å². The lowest BCUT2D eigenvalue weighted by Crippen LogP contribution is -2.16. The van der Waals surface area contributed by atoms with Gasteiger partial charge in [-0.3, -0.25) is 4.79 Å². The fourth-order valence-corrected chi connectivity index (χ4v) is 3.09. The topological polar surface area (TPSA) is 110 Å². The Hall–Kier alpha value is -3.33. The maximum Gasteiger partial charge on any atom is 0.341 e. The lowest BCUT2D eigenvalue weighted by atomic mass is 10.2. The Bertz CT molecular complexity index is 1040. The summed E-state index contributed by atoms with van der Waals surface area (Å²) in [4.78, 5) is 23.0. The van der Waals surface area contributed by atoms with Gasteiger partial charge in [0.1, 0.15) is 5.58 Å². The van der Waals surface area contributed by atoms with Crippen LogP contribution in [0.15, 0.2) is 56.5 Å². The summed E-state index contributed by atoms with van der Waals surface area (Å²) < 4.78 is 16.8. The predicted octanol–water partition coefficient (Wildman–Crippen LogP) is 3.82. The molecule has 150 valence electrons. The number of benzene rings is 2. The largest absolute Gasteiger partial charge is 0.490 e. The molecule has 3 aromatic rings. The van der Waals surface area contributed by atoms with Gasteiger partial charge < -0.3 is 19.0 Å². The Balaban J connectivity index is 1.73. The molecule has 0 spiro atoms. The Morgan fingerprint density at radius 3 is 2.76 bits per heavy atom. The SMILES string of the molecule is CCOc1cc(/C=N/NC(=O)c2cc3ccccc3o2)cc(Br)c1OCC(=O)O. The minimum atomic E-state index is -1.10. The third kappa shape index (κ3) is 5.14. The van der Waals surface area contributed by atoms with Gasteiger partial charge in [0.15, 0.2) is 23.9 Å². The third-order valence-corrected chi connectivity index (χ3v) is 4.29. The molecule has 3 rings (SSSR count). The molecular formula is C20H17BrN2O6. The molecule has 0 aliphatic carbocycles. The lowest BCUT2D eigenvalue weighted by molar-refractivity contribution is -0.139. The fraction of sp³-hybridized carbons (Fsp3) is 0.150. The van der Waals surface area contributed by atoms with Crippen molar-refractivity contribution in [2.75, 3.05) is 13.2 Å². The van der Waals surface area contributed by atoms with Gasteiger partial charge in [-0.15, -0.1) is 0 Å². The second kappa shape index (κ2) is 9.24. The highest BCUT2D eigenvalue weighted by Crippen LogP contribution is 2.36. The molecule has 2 aromatic carbocycles. The number of hydrogen-bond acceptors (Lipinski definition) is 6. The number of para-hydroxylation sites is 1. The number of ether oxygens (including phenoxy) is 2. The highest BCUT2D eigenvalue weighted by Gasteiger charge is 2.14. The molecule has 0 saturated carbocycles. The van der Waals surface area contributed by atoms with Crippen LogP contribution in [0.3, 0.4) is 0 Å². The van der Waals surface area contributed by atoms with Crippen LogP contribution in [-0.4, -0.2) is 36.4 Å². The quantitative estimate of drug-likeness (QED) is 0.390. The minimum Gasteiger partial charge on any atom is -0.490 e. The van der Waals surface area contributed by atoms with Crippen molar-refractivity contribution in [3.8, 4) is 11.5 Å². The number of carbonyl (C=O) groups is 2. The third-order valence-electron chi connectivity index (χ3n) is 3.70. The number of amides is 1. The highest BCUT2D eigenvalue weighted by molar-refractivity contribution is 9.10. The van der Waals surface area contributed by atoms with Gasteiger partial charge >= 0.3 is 11.9 Å². The molecule has 0 unspecified atom stereocenters. The van der Waals surface area contributed by atoms with E-state index in [0.717, 1.165) is 5.39 Å². The van der Waals surface area contributed by atoms with E-state index >= 15 is 0 Å². The molecule has 9 heteroatoms. The van der Waals surface area contributed by atoms with Crippen LogP contribution in [0.25, 0.3) is 11.0 Å². The van der Waals surface area contributed by atoms with Crippen LogP contribution in [0.4, 0.5) is 0 Å². The van der Waals surface area contributed by atoms with Gasteiger partial charge in [0, 0.05) is 5.39 Å². The molecule has 0 aliphatic heterocycles. The fourth-order valence-electron chi connectivity index (χ4n) is 2.51. The summed E-state index contributed by atoms with van der Waals surface area (Å²) in [5, 5.41) is 13.6. The number of hydrogen-bond donors (Lipinski definition) is 2. The molecule has 1 amide bonds. The molecule has 0 radical (unpaired) electrons. The smallest absolute Gasteiger partial charge is 0.341 e. The van der Waals surface area contributed by atoms with Crippen molar-refractivity contribution in [3.05, 3.63) is 58.3 Å². The summed E-state index contributed by atoms with van der Waals surface area (Å²) in [7, 11) is 0. The van der Waals surface area contributed by atoms with Crippen molar-refractivity contribution in [1.82, 2.24) is 5.43 Å². The molecule has 1 aromatic heterocycles. The highest BCUT2D eigenvalue weighted by atomic mass is 79.9. The van der Waals surface area contributed by atoms with Crippen LogP contribution in [0.1, 0.15) is 23.0 Å². The van der Waals surface area contributed by atoms with E-state index in [4.69, 9.17) is 19.0 Å². The number of nitrogens with zero attached hydrogens (tertiary/aromatic N) is 1. The van der Waals surface area contributed by atoms with Crippen LogP contribution >= 0.6 is 15.9 Å². The summed E-state index contributed by atoms with van der Waals surface area (Å²) in [6, 6.07) is 12.2. The zero-order valence-electron chi connectivity index (χ0n) is 15.3. The second-order valence-corrected chi connectivity index (χ2v) is 6.65. The molecular weight excluding hydrogens is 444 g/mol. The monoisotopic (exact) mass is 460 g/mol. The van der Waals surface area contributed by atoms with Crippen LogP contribution in [0.5, 0.6) is 11.5 Å². The van der Waals surface area contributed by atoms with Crippen molar-refractivity contribution in [1.29, 1.82) is 0 Å². The average Bonchev–Trinajstić information content (AvgIpc) is 3.12. The van der Waals surface area contributed by atoms with E-state index in [2.05, 4.69) is 26.5 Å². The predicted molar refractivity (Wildman–Crippen MR) is 110 cm³/mol. The first-order valence-electron chi connectivity index (χ1n) is 8.61. The molecule has 0 aliphatic rings. The van der Waals surface area contributed by atoms with Crippen molar-refractivity contribution in [2.24, 2.45) is 5.10 Å². The summed E-state index contributed by atoms with van der Waals surface area (Å²) in [6.07, 6.45) is 1.43. The number of carboxylic acid groups (broad SMARTS) is 1. The van der Waals surface area contributed by atoms with Gasteiger partial charge in [-0.05, 0) is 52.7 Å². The maximum atomic E-state index is 12.2. The van der Waals surface area contributed by atoms with Gasteiger partial charge in [-0.1, -0.05) is 18.2 Å². The van der Waals surface area contributed by atoms with Crippen molar-refractivity contribution in [2.45, 2.75) is 6.92 Å². The number of aliphatic carboxylic acids is 1. The van der Waals surface area contributed by atoms with Gasteiger partial charge in [0.2, 0.25) is 0 Å². The van der Waals surface area contributed by atoms with Gasteiger partial charge in [-0.2, -0.15) is 5.10 Å². The minimum absolute atomic E-state index is 0.150. The number of nitrogens with one attached hydrogen (secondary N) is 1. The van der Waals surface area contributed by atoms with E-state index in [9.17, 15) is 9.59 Å². The van der Waals surface area contributed by atoms with E-state index in [1.165, 1.54) is 6.21 Å². The maximum absolute atomic E-state index is 12.2. The molecule has 0 saturated heterocycles. The van der Waals surface area contributed by atoms with Crippen LogP contribution in [0.2, 0.25) is 0 Å². The first kappa shape index (κ1) is 20.4. The molecule has 2 N–H and O–H groups in total. The number of fused-ring (bicyclic) bond motifs is 1. The summed E-state index contributed by atoms with van der Waals surface area (Å²) in [5.41, 5.74) is 3.62. The normalized spacial score (nSPS) is 11.0. The summed E-state index contributed by atoms with van der Waals surface area (Å²) in [5.74, 6) is -0.802. The Morgan fingerprint density at radius 2 is 2.03 bits per heavy atom. The number of halogens is 1. The van der Waals surface area contributed by atoms with Crippen LogP contribution < -0.4 is 14.9 Å². The lowest BCUT2D eigenvalue weighted by Gasteiger charge is -2.13. The Labute approximate surface area is 174 Å².